The van der Waals surface area contributed by atoms with Crippen molar-refractivity contribution in [3.8, 4) is 5.75 Å². The molecule has 5 heteroatoms. The number of nitrogens with zero attached hydrogens (tertiary/aromatic N) is 1. The highest BCUT2D eigenvalue weighted by Crippen LogP contribution is 2.31. The standard InChI is InChI=1S/C16H22N2O3/c1-20-15-5-3-2-4-14(15)18-9-6-13(16(18)19)17-12-7-10-21-11-8-12/h2-5,12-13,17H,6-11H2,1H3. The molecule has 0 aliphatic carbocycles. The molecule has 0 saturated carbocycles. The minimum absolute atomic E-state index is 0.0852. The molecule has 0 spiro atoms. The summed E-state index contributed by atoms with van der Waals surface area (Å²) in [5, 5.41) is 3.49. The number of ether oxygens (including phenoxy) is 2. The number of hydrogen-bond acceptors (Lipinski definition) is 4. The normalized spacial score (nSPS) is 23.6. The zero-order chi connectivity index (χ0) is 14.7. The summed E-state index contributed by atoms with van der Waals surface area (Å²) in [5.74, 6) is 0.892. The van der Waals surface area contributed by atoms with Gasteiger partial charge in [-0.1, -0.05) is 12.1 Å². The molecule has 2 saturated heterocycles. The van der Waals surface area contributed by atoms with Crippen LogP contribution in [0, 0.1) is 0 Å². The fraction of sp³-hybridized carbons (Fsp3) is 0.562. The maximum absolute atomic E-state index is 12.6. The van der Waals surface area contributed by atoms with Gasteiger partial charge in [-0.3, -0.25) is 4.79 Å². The van der Waals surface area contributed by atoms with Crippen LogP contribution >= 0.6 is 0 Å². The first-order valence-corrected chi connectivity index (χ1v) is 7.58. The zero-order valence-corrected chi connectivity index (χ0v) is 12.4. The Morgan fingerprint density at radius 3 is 2.76 bits per heavy atom. The smallest absolute Gasteiger partial charge is 0.244 e. The number of hydrogen-bond donors (Lipinski definition) is 1. The van der Waals surface area contributed by atoms with Crippen molar-refractivity contribution in [2.45, 2.75) is 31.3 Å². The van der Waals surface area contributed by atoms with Crippen LogP contribution in [0.4, 0.5) is 5.69 Å². The van der Waals surface area contributed by atoms with Gasteiger partial charge >= 0.3 is 0 Å². The van der Waals surface area contributed by atoms with Crippen molar-refractivity contribution in [2.75, 3.05) is 31.8 Å². The number of para-hydroxylation sites is 2. The van der Waals surface area contributed by atoms with E-state index >= 15 is 0 Å². The van der Waals surface area contributed by atoms with E-state index < -0.39 is 0 Å². The largest absolute Gasteiger partial charge is 0.495 e. The first-order valence-electron chi connectivity index (χ1n) is 7.58. The maximum Gasteiger partial charge on any atom is 0.244 e. The van der Waals surface area contributed by atoms with Crippen LogP contribution < -0.4 is 15.0 Å². The van der Waals surface area contributed by atoms with Crippen LogP contribution in [0.15, 0.2) is 24.3 Å². The van der Waals surface area contributed by atoms with Gasteiger partial charge in [0.2, 0.25) is 5.91 Å². The van der Waals surface area contributed by atoms with Crippen LogP contribution in [0.25, 0.3) is 0 Å². The van der Waals surface area contributed by atoms with Crippen molar-refractivity contribution >= 4 is 11.6 Å². The summed E-state index contributed by atoms with van der Waals surface area (Å²) in [7, 11) is 1.64. The van der Waals surface area contributed by atoms with Gasteiger partial charge in [-0.25, -0.2) is 0 Å². The van der Waals surface area contributed by atoms with Crippen LogP contribution in [0.3, 0.4) is 0 Å². The average molecular weight is 290 g/mol. The number of carbonyl (C=O) groups is 1. The Morgan fingerprint density at radius 2 is 2.00 bits per heavy atom. The summed E-state index contributed by atoms with van der Waals surface area (Å²) < 4.78 is 10.7. The van der Waals surface area contributed by atoms with E-state index in [0.717, 1.165) is 50.5 Å². The van der Waals surface area contributed by atoms with Gasteiger partial charge < -0.3 is 19.7 Å². The van der Waals surface area contributed by atoms with Gasteiger partial charge in [-0.2, -0.15) is 0 Å². The van der Waals surface area contributed by atoms with Crippen LogP contribution in [0.1, 0.15) is 19.3 Å². The molecular weight excluding hydrogens is 268 g/mol. The van der Waals surface area contributed by atoms with E-state index in [1.807, 2.05) is 29.2 Å². The first-order chi connectivity index (χ1) is 10.3. The highest BCUT2D eigenvalue weighted by Gasteiger charge is 2.35. The van der Waals surface area contributed by atoms with E-state index in [-0.39, 0.29) is 11.9 Å². The second-order valence-electron chi connectivity index (χ2n) is 5.56. The first kappa shape index (κ1) is 14.4. The lowest BCUT2D eigenvalue weighted by molar-refractivity contribution is -0.119. The van der Waals surface area contributed by atoms with Crippen LogP contribution in [-0.2, 0) is 9.53 Å². The fourth-order valence-electron chi connectivity index (χ4n) is 3.08. The summed E-state index contributed by atoms with van der Waals surface area (Å²) >= 11 is 0. The number of anilines is 1. The van der Waals surface area contributed by atoms with Crippen molar-refractivity contribution in [2.24, 2.45) is 0 Å². The fourth-order valence-corrected chi connectivity index (χ4v) is 3.08. The maximum atomic E-state index is 12.6. The Balaban J connectivity index is 1.68. The summed E-state index contributed by atoms with van der Waals surface area (Å²) in [6.45, 7) is 2.31. The molecule has 1 unspecified atom stereocenters. The number of benzene rings is 1. The molecule has 114 valence electrons. The molecule has 2 aliphatic heterocycles. The second-order valence-corrected chi connectivity index (χ2v) is 5.56. The van der Waals surface area contributed by atoms with Crippen LogP contribution in [0.2, 0.25) is 0 Å². The Kier molecular flexibility index (Phi) is 4.41. The van der Waals surface area contributed by atoms with E-state index in [4.69, 9.17) is 9.47 Å². The number of methoxy groups -OCH3 is 1. The summed E-state index contributed by atoms with van der Waals surface area (Å²) in [5.41, 5.74) is 0.862. The molecule has 2 heterocycles. The Labute approximate surface area is 125 Å². The summed E-state index contributed by atoms with van der Waals surface area (Å²) in [4.78, 5) is 14.5. The van der Waals surface area contributed by atoms with Gasteiger partial charge in [0.25, 0.3) is 0 Å². The molecule has 1 aromatic carbocycles. The zero-order valence-electron chi connectivity index (χ0n) is 12.4. The van der Waals surface area contributed by atoms with Crippen molar-refractivity contribution < 1.29 is 14.3 Å². The molecule has 0 radical (unpaired) electrons. The summed E-state index contributed by atoms with van der Waals surface area (Å²) in [6.07, 6.45) is 2.81. The molecular formula is C16H22N2O3. The highest BCUT2D eigenvalue weighted by molar-refractivity contribution is 6.00. The Morgan fingerprint density at radius 1 is 1.24 bits per heavy atom. The molecule has 3 rings (SSSR count). The molecule has 5 nitrogen and oxygen atoms in total. The van der Waals surface area contributed by atoms with Crippen molar-refractivity contribution in [1.82, 2.24) is 5.32 Å². The van der Waals surface area contributed by atoms with E-state index in [9.17, 15) is 4.79 Å². The molecule has 2 aliphatic rings. The van der Waals surface area contributed by atoms with Gasteiger partial charge in [0.1, 0.15) is 5.75 Å². The molecule has 1 N–H and O–H groups in total. The highest BCUT2D eigenvalue weighted by atomic mass is 16.5. The SMILES string of the molecule is COc1ccccc1N1CCC(NC2CCOCC2)C1=O. The van der Waals surface area contributed by atoms with E-state index in [2.05, 4.69) is 5.32 Å². The molecule has 0 aromatic heterocycles. The van der Waals surface area contributed by atoms with Gasteiger partial charge in [0, 0.05) is 25.8 Å². The van der Waals surface area contributed by atoms with E-state index in [1.54, 1.807) is 7.11 Å². The van der Waals surface area contributed by atoms with Gasteiger partial charge in [-0.15, -0.1) is 0 Å². The molecule has 1 atom stereocenters. The number of amides is 1. The lowest BCUT2D eigenvalue weighted by Gasteiger charge is -2.26. The lowest BCUT2D eigenvalue weighted by atomic mass is 10.1. The quantitative estimate of drug-likeness (QED) is 0.914. The molecule has 0 bridgehead atoms. The minimum atomic E-state index is -0.0852. The predicted molar refractivity (Wildman–Crippen MR) is 80.7 cm³/mol. The third-order valence-corrected chi connectivity index (χ3v) is 4.24. The third kappa shape index (κ3) is 3.04. The molecule has 2 fully saturated rings. The predicted octanol–water partition coefficient (Wildman–Crippen LogP) is 1.57. The van der Waals surface area contributed by atoms with Gasteiger partial charge in [0.05, 0.1) is 18.8 Å². The lowest BCUT2D eigenvalue weighted by Crippen LogP contribution is -2.45. The van der Waals surface area contributed by atoms with Crippen LogP contribution in [0.5, 0.6) is 5.75 Å². The number of rotatable bonds is 4. The van der Waals surface area contributed by atoms with E-state index in [1.165, 1.54) is 0 Å². The van der Waals surface area contributed by atoms with Gasteiger partial charge in [0.15, 0.2) is 0 Å². The van der Waals surface area contributed by atoms with Crippen molar-refractivity contribution in [1.29, 1.82) is 0 Å². The second kappa shape index (κ2) is 6.45. The van der Waals surface area contributed by atoms with Crippen molar-refractivity contribution in [3.63, 3.8) is 0 Å². The molecule has 1 aromatic rings. The molecule has 21 heavy (non-hydrogen) atoms. The molecule has 1 amide bonds. The monoisotopic (exact) mass is 290 g/mol. The summed E-state index contributed by atoms with van der Waals surface area (Å²) in [6, 6.07) is 7.99. The van der Waals surface area contributed by atoms with Crippen LogP contribution in [-0.4, -0.2) is 44.9 Å². The topological polar surface area (TPSA) is 50.8 Å². The minimum Gasteiger partial charge on any atom is -0.495 e. The van der Waals surface area contributed by atoms with E-state index in [0.29, 0.717) is 6.04 Å². The average Bonchev–Trinajstić information content (AvgIpc) is 2.89. The Hall–Kier alpha value is -1.59. The Bertz CT molecular complexity index is 500. The van der Waals surface area contributed by atoms with Crippen molar-refractivity contribution in [3.05, 3.63) is 24.3 Å². The number of carbonyl (C=O) groups excluding carboxylic acids is 1. The van der Waals surface area contributed by atoms with Gasteiger partial charge in [-0.05, 0) is 31.4 Å². The third-order valence-electron chi connectivity index (χ3n) is 4.24. The number of nitrogens with one attached hydrogen (secondary N) is 1.